The second kappa shape index (κ2) is 5.03. The molecule has 16 heavy (non-hydrogen) atoms. The van der Waals surface area contributed by atoms with Gasteiger partial charge in [0.05, 0.1) is 0 Å². The van der Waals surface area contributed by atoms with Crippen LogP contribution in [0.25, 0.3) is 0 Å². The van der Waals surface area contributed by atoms with E-state index >= 15 is 0 Å². The van der Waals surface area contributed by atoms with Crippen LogP contribution < -0.4 is 0 Å². The quantitative estimate of drug-likeness (QED) is 0.705. The van der Waals surface area contributed by atoms with Gasteiger partial charge in [-0.1, -0.05) is 13.3 Å². The summed E-state index contributed by atoms with van der Waals surface area (Å²) in [6.45, 7) is 3.44. The Kier molecular flexibility index (Phi) is 4.18. The lowest BCUT2D eigenvalue weighted by Gasteiger charge is -2.30. The van der Waals surface area contributed by atoms with Gasteiger partial charge in [-0.3, -0.25) is 4.84 Å². The Morgan fingerprint density at radius 2 is 1.88 bits per heavy atom. The largest absolute Gasteiger partial charge is 0.497 e. The number of rotatable bonds is 4. The average molecular weight is 240 g/mol. The summed E-state index contributed by atoms with van der Waals surface area (Å²) >= 11 is 0. The summed E-state index contributed by atoms with van der Waals surface area (Å²) in [5.41, 5.74) is 0. The Balaban J connectivity index is 2.61. The molecule has 1 rings (SSSR count). The zero-order valence-electron chi connectivity index (χ0n) is 9.35. The third-order valence-corrected chi connectivity index (χ3v) is 2.81. The van der Waals surface area contributed by atoms with Crippen LogP contribution in [-0.4, -0.2) is 36.4 Å². The third kappa shape index (κ3) is 3.37. The molecule has 1 fully saturated rings. The fourth-order valence-electron chi connectivity index (χ4n) is 1.95. The molecule has 3 nitrogen and oxygen atoms in total. The summed E-state index contributed by atoms with van der Waals surface area (Å²) in [4.78, 5) is 15.5. The minimum atomic E-state index is -4.89. The Bertz CT molecular complexity index is 247. The first-order valence-corrected chi connectivity index (χ1v) is 5.56. The van der Waals surface area contributed by atoms with Gasteiger partial charge in [0, 0.05) is 12.8 Å². The monoisotopic (exact) mass is 240 g/mol. The van der Waals surface area contributed by atoms with Gasteiger partial charge >= 0.3 is 12.1 Å². The van der Waals surface area contributed by atoms with Crippen molar-refractivity contribution in [3.63, 3.8) is 0 Å². The summed E-state index contributed by atoms with van der Waals surface area (Å²) in [5.74, 6) is -2.06. The van der Waals surface area contributed by atoms with E-state index in [1.54, 1.807) is 0 Å². The molecule has 1 aliphatic heterocycles. The highest BCUT2D eigenvalue weighted by Crippen LogP contribution is 2.26. The van der Waals surface area contributed by atoms with E-state index in [9.17, 15) is 18.0 Å². The fourth-order valence-corrected chi connectivity index (χ4v) is 1.95. The van der Waals surface area contributed by atoms with Crippen molar-refractivity contribution in [1.29, 1.82) is 0 Å². The number of hydrogen-bond acceptors (Lipinski definition) is 2. The van der Waals surface area contributed by atoms with E-state index in [0.717, 1.165) is 25.7 Å². The SMILES string of the molecule is CCCC[N+]1(OC(=O)C(F)(F)F)CCCC1. The van der Waals surface area contributed by atoms with E-state index in [4.69, 9.17) is 0 Å². The van der Waals surface area contributed by atoms with Gasteiger partial charge in [-0.2, -0.15) is 13.2 Å². The molecule has 0 aromatic carbocycles. The van der Waals surface area contributed by atoms with Crippen molar-refractivity contribution >= 4 is 5.97 Å². The number of carbonyl (C=O) groups is 1. The number of nitrogens with zero attached hydrogens (tertiary/aromatic N) is 1. The summed E-state index contributed by atoms with van der Waals surface area (Å²) in [7, 11) is 0. The second-order valence-electron chi connectivity index (χ2n) is 4.17. The third-order valence-electron chi connectivity index (χ3n) is 2.81. The zero-order valence-corrected chi connectivity index (χ0v) is 9.35. The minimum absolute atomic E-state index is 0.147. The van der Waals surface area contributed by atoms with Gasteiger partial charge in [-0.15, -0.1) is 4.65 Å². The number of carbonyl (C=O) groups excluding carboxylic acids is 1. The van der Waals surface area contributed by atoms with Crippen LogP contribution in [0, 0.1) is 0 Å². The zero-order chi connectivity index (χ0) is 12.2. The molecule has 0 bridgehead atoms. The van der Waals surface area contributed by atoms with Gasteiger partial charge in [0.25, 0.3) is 0 Å². The first-order chi connectivity index (χ1) is 7.40. The molecule has 1 saturated heterocycles. The number of hydroxylamine groups is 3. The van der Waals surface area contributed by atoms with Crippen LogP contribution in [-0.2, 0) is 9.63 Å². The van der Waals surface area contributed by atoms with Crippen LogP contribution >= 0.6 is 0 Å². The van der Waals surface area contributed by atoms with Gasteiger partial charge in [0.15, 0.2) is 0 Å². The molecule has 1 aliphatic rings. The molecule has 0 aromatic heterocycles. The van der Waals surface area contributed by atoms with E-state index in [1.807, 2.05) is 6.92 Å². The molecule has 1 heterocycles. The van der Waals surface area contributed by atoms with Crippen LogP contribution in [0.4, 0.5) is 13.2 Å². The van der Waals surface area contributed by atoms with Crippen molar-refractivity contribution in [2.24, 2.45) is 0 Å². The van der Waals surface area contributed by atoms with Crippen molar-refractivity contribution in [3.05, 3.63) is 0 Å². The van der Waals surface area contributed by atoms with Crippen LogP contribution in [0.3, 0.4) is 0 Å². The molecular formula is C10H17F3NO2+. The predicted octanol–water partition coefficient (Wildman–Crippen LogP) is 2.42. The van der Waals surface area contributed by atoms with Gasteiger partial charge in [-0.25, -0.2) is 4.79 Å². The van der Waals surface area contributed by atoms with Gasteiger partial charge in [-0.05, 0) is 6.42 Å². The van der Waals surface area contributed by atoms with E-state index in [2.05, 4.69) is 4.84 Å². The second-order valence-corrected chi connectivity index (χ2v) is 4.17. The predicted molar refractivity (Wildman–Crippen MR) is 51.2 cm³/mol. The lowest BCUT2D eigenvalue weighted by atomic mass is 10.3. The van der Waals surface area contributed by atoms with E-state index in [0.29, 0.717) is 19.6 Å². The summed E-state index contributed by atoms with van der Waals surface area (Å²) in [6.07, 6.45) is -1.61. The molecule has 94 valence electrons. The maximum absolute atomic E-state index is 12.1. The van der Waals surface area contributed by atoms with Gasteiger partial charge < -0.3 is 0 Å². The number of alkyl halides is 3. The molecule has 0 amide bonds. The molecule has 6 heteroatoms. The Labute approximate surface area is 92.7 Å². The smallest absolute Gasteiger partial charge is 0.266 e. The number of likely N-dealkylation sites (tertiary alicyclic amines) is 1. The maximum atomic E-state index is 12.1. The fraction of sp³-hybridized carbons (Fsp3) is 0.900. The van der Waals surface area contributed by atoms with Crippen LogP contribution in [0.15, 0.2) is 0 Å². The lowest BCUT2D eigenvalue weighted by Crippen LogP contribution is -2.50. The molecule has 0 unspecified atom stereocenters. The van der Waals surface area contributed by atoms with Crippen molar-refractivity contribution < 1.29 is 27.4 Å². The van der Waals surface area contributed by atoms with Crippen LogP contribution in [0.2, 0.25) is 0 Å². The highest BCUT2D eigenvalue weighted by Gasteiger charge is 2.48. The Hall–Kier alpha value is -0.780. The maximum Gasteiger partial charge on any atom is 0.497 e. The van der Waals surface area contributed by atoms with Crippen LogP contribution in [0.1, 0.15) is 32.6 Å². The average Bonchev–Trinajstić information content (AvgIpc) is 2.62. The topological polar surface area (TPSA) is 26.3 Å². The summed E-state index contributed by atoms with van der Waals surface area (Å²) < 4.78 is 36.2. The summed E-state index contributed by atoms with van der Waals surface area (Å²) in [5, 5.41) is 0. The number of quaternary nitrogens is 1. The molecule has 0 N–H and O–H groups in total. The Morgan fingerprint density at radius 1 is 1.31 bits per heavy atom. The molecular weight excluding hydrogens is 223 g/mol. The van der Waals surface area contributed by atoms with E-state index < -0.39 is 12.1 Å². The number of hydrogen-bond donors (Lipinski definition) is 0. The Morgan fingerprint density at radius 3 is 2.31 bits per heavy atom. The first kappa shape index (κ1) is 13.3. The van der Waals surface area contributed by atoms with E-state index in [1.165, 1.54) is 0 Å². The van der Waals surface area contributed by atoms with Crippen molar-refractivity contribution in [2.75, 3.05) is 19.6 Å². The normalized spacial score (nSPS) is 19.8. The molecule has 0 spiro atoms. The minimum Gasteiger partial charge on any atom is -0.266 e. The van der Waals surface area contributed by atoms with Gasteiger partial charge in [0.2, 0.25) is 0 Å². The highest BCUT2D eigenvalue weighted by molar-refractivity contribution is 5.74. The molecule has 0 atom stereocenters. The molecule has 0 aromatic rings. The van der Waals surface area contributed by atoms with E-state index in [-0.39, 0.29) is 4.65 Å². The first-order valence-electron chi connectivity index (χ1n) is 5.56. The standard InChI is InChI=1S/C10H17F3NO2/c1-2-3-6-14(7-4-5-8-14)16-9(15)10(11,12)13/h2-8H2,1H3/q+1. The lowest BCUT2D eigenvalue weighted by molar-refractivity contribution is -1.08. The number of halogens is 3. The van der Waals surface area contributed by atoms with Crippen molar-refractivity contribution in [1.82, 2.24) is 0 Å². The summed E-state index contributed by atoms with van der Waals surface area (Å²) in [6, 6.07) is 0. The van der Waals surface area contributed by atoms with Gasteiger partial charge in [0.1, 0.15) is 19.6 Å². The molecule has 0 aliphatic carbocycles. The molecule has 0 radical (unpaired) electrons. The highest BCUT2D eigenvalue weighted by atomic mass is 19.4. The van der Waals surface area contributed by atoms with Crippen LogP contribution in [0.5, 0.6) is 0 Å². The van der Waals surface area contributed by atoms with Crippen molar-refractivity contribution in [3.8, 4) is 0 Å². The molecule has 0 saturated carbocycles. The van der Waals surface area contributed by atoms with Crippen molar-refractivity contribution in [2.45, 2.75) is 38.8 Å². The number of unbranched alkanes of at least 4 members (excludes halogenated alkanes) is 1.